The third kappa shape index (κ3) is 3.66. The van der Waals surface area contributed by atoms with E-state index in [1.54, 1.807) is 20.3 Å². The largest absolute Gasteiger partial charge is 0.493 e. The first-order chi connectivity index (χ1) is 13.7. The minimum Gasteiger partial charge on any atom is -0.493 e. The van der Waals surface area contributed by atoms with Crippen molar-refractivity contribution in [2.24, 2.45) is 0 Å². The maximum atomic E-state index is 12.3. The van der Waals surface area contributed by atoms with Crippen molar-refractivity contribution in [1.82, 2.24) is 4.98 Å². The Balaban J connectivity index is 1.43. The fourth-order valence-corrected chi connectivity index (χ4v) is 3.81. The van der Waals surface area contributed by atoms with Crippen LogP contribution < -0.4 is 14.2 Å². The van der Waals surface area contributed by atoms with Crippen molar-refractivity contribution in [3.05, 3.63) is 58.6 Å². The summed E-state index contributed by atoms with van der Waals surface area (Å²) in [7, 11) is 3.20. The molecule has 0 radical (unpaired) electrons. The number of ether oxygens (including phenoxy) is 4. The van der Waals surface area contributed by atoms with Gasteiger partial charge < -0.3 is 18.9 Å². The molecule has 0 saturated heterocycles. The number of aromatic nitrogens is 1. The Labute approximate surface area is 166 Å². The maximum absolute atomic E-state index is 12.3. The number of benzene rings is 2. The number of methoxy groups -OCH3 is 2. The SMILES string of the molecule is COc1ccc(-c2nc(COC(=O)c3ccc4c(c3)CCO4)cs2)cc1OC. The number of rotatable bonds is 6. The fraction of sp³-hybridized carbons (Fsp3) is 0.238. The fourth-order valence-electron chi connectivity index (χ4n) is 3.01. The lowest BCUT2D eigenvalue weighted by atomic mass is 10.1. The first kappa shape index (κ1) is 18.3. The lowest BCUT2D eigenvalue weighted by Gasteiger charge is -2.08. The molecule has 0 fully saturated rings. The molecule has 2 heterocycles. The highest BCUT2D eigenvalue weighted by Crippen LogP contribution is 2.33. The molecule has 0 unspecified atom stereocenters. The van der Waals surface area contributed by atoms with Gasteiger partial charge in [-0.25, -0.2) is 9.78 Å². The van der Waals surface area contributed by atoms with Gasteiger partial charge in [-0.2, -0.15) is 0 Å². The van der Waals surface area contributed by atoms with E-state index in [4.69, 9.17) is 18.9 Å². The molecule has 28 heavy (non-hydrogen) atoms. The van der Waals surface area contributed by atoms with Gasteiger partial charge in [-0.05, 0) is 42.0 Å². The standard InChI is InChI=1S/C21H19NO5S/c1-24-18-6-3-14(10-19(18)25-2)20-22-16(12-28-20)11-27-21(23)15-4-5-17-13(9-15)7-8-26-17/h3-6,9-10,12H,7-8,11H2,1-2H3. The molecule has 1 aliphatic rings. The van der Waals surface area contributed by atoms with Crippen LogP contribution in [0.4, 0.5) is 0 Å². The van der Waals surface area contributed by atoms with E-state index in [1.165, 1.54) is 11.3 Å². The molecule has 1 aliphatic heterocycles. The molecule has 0 atom stereocenters. The van der Waals surface area contributed by atoms with Crippen molar-refractivity contribution in [1.29, 1.82) is 0 Å². The van der Waals surface area contributed by atoms with Crippen LogP contribution in [0.15, 0.2) is 41.8 Å². The van der Waals surface area contributed by atoms with Crippen LogP contribution in [-0.2, 0) is 17.8 Å². The highest BCUT2D eigenvalue weighted by molar-refractivity contribution is 7.13. The predicted octanol–water partition coefficient (Wildman–Crippen LogP) is 4.12. The number of hydrogen-bond donors (Lipinski definition) is 0. The van der Waals surface area contributed by atoms with Crippen molar-refractivity contribution in [2.45, 2.75) is 13.0 Å². The third-order valence-corrected chi connectivity index (χ3v) is 5.40. The second-order valence-electron chi connectivity index (χ2n) is 6.21. The monoisotopic (exact) mass is 397 g/mol. The number of nitrogens with zero attached hydrogens (tertiary/aromatic N) is 1. The number of thiazole rings is 1. The van der Waals surface area contributed by atoms with Gasteiger partial charge in [0.15, 0.2) is 11.5 Å². The van der Waals surface area contributed by atoms with Gasteiger partial charge in [0.05, 0.1) is 32.1 Å². The van der Waals surface area contributed by atoms with Crippen molar-refractivity contribution in [3.63, 3.8) is 0 Å². The normalized spacial score (nSPS) is 12.2. The minimum atomic E-state index is -0.365. The molecule has 6 nitrogen and oxygen atoms in total. The molecule has 0 saturated carbocycles. The molecular formula is C21H19NO5S. The van der Waals surface area contributed by atoms with Crippen molar-refractivity contribution >= 4 is 17.3 Å². The zero-order chi connectivity index (χ0) is 19.5. The summed E-state index contributed by atoms with van der Waals surface area (Å²) in [5.41, 5.74) is 3.19. The van der Waals surface area contributed by atoms with Gasteiger partial charge in [0.2, 0.25) is 0 Å². The molecule has 2 aromatic carbocycles. The summed E-state index contributed by atoms with van der Waals surface area (Å²) in [5, 5.41) is 2.71. The molecule has 0 N–H and O–H groups in total. The molecule has 0 spiro atoms. The van der Waals surface area contributed by atoms with Gasteiger partial charge in [0, 0.05) is 17.4 Å². The first-order valence-corrected chi connectivity index (χ1v) is 9.65. The summed E-state index contributed by atoms with van der Waals surface area (Å²) in [6.45, 7) is 0.780. The van der Waals surface area contributed by atoms with Gasteiger partial charge in [-0.1, -0.05) is 0 Å². The van der Waals surface area contributed by atoms with Crippen LogP contribution in [0.1, 0.15) is 21.6 Å². The van der Waals surface area contributed by atoms with Crippen molar-refractivity contribution < 1.29 is 23.7 Å². The summed E-state index contributed by atoms with van der Waals surface area (Å²) < 4.78 is 21.5. The lowest BCUT2D eigenvalue weighted by Crippen LogP contribution is -2.05. The van der Waals surface area contributed by atoms with Gasteiger partial charge >= 0.3 is 5.97 Å². The Bertz CT molecular complexity index is 1010. The molecule has 0 bridgehead atoms. The van der Waals surface area contributed by atoms with E-state index in [-0.39, 0.29) is 12.6 Å². The van der Waals surface area contributed by atoms with Gasteiger partial charge in [-0.3, -0.25) is 0 Å². The summed E-state index contributed by atoms with van der Waals surface area (Å²) in [6, 6.07) is 11.0. The van der Waals surface area contributed by atoms with Gasteiger partial charge in [0.1, 0.15) is 17.4 Å². The maximum Gasteiger partial charge on any atom is 0.338 e. The molecule has 1 aromatic heterocycles. The minimum absolute atomic E-state index is 0.121. The first-order valence-electron chi connectivity index (χ1n) is 8.77. The van der Waals surface area contributed by atoms with Crippen LogP contribution in [0.25, 0.3) is 10.6 Å². The molecule has 4 rings (SSSR count). The Morgan fingerprint density at radius 2 is 2.00 bits per heavy atom. The topological polar surface area (TPSA) is 66.9 Å². The average Bonchev–Trinajstić information content (AvgIpc) is 3.40. The molecule has 0 aliphatic carbocycles. The van der Waals surface area contributed by atoms with Crippen molar-refractivity contribution in [3.8, 4) is 27.8 Å². The van der Waals surface area contributed by atoms with E-state index in [2.05, 4.69) is 4.98 Å². The lowest BCUT2D eigenvalue weighted by molar-refractivity contribution is 0.0468. The van der Waals surface area contributed by atoms with E-state index >= 15 is 0 Å². The van der Waals surface area contributed by atoms with Crippen LogP contribution in [0.5, 0.6) is 17.2 Å². The van der Waals surface area contributed by atoms with Crippen LogP contribution in [-0.4, -0.2) is 31.8 Å². The molecular weight excluding hydrogens is 378 g/mol. The summed E-state index contributed by atoms with van der Waals surface area (Å²) >= 11 is 1.48. The van der Waals surface area contributed by atoms with E-state index in [1.807, 2.05) is 35.7 Å². The van der Waals surface area contributed by atoms with Crippen LogP contribution in [0.3, 0.4) is 0 Å². The van der Waals surface area contributed by atoms with Crippen LogP contribution >= 0.6 is 11.3 Å². The quantitative estimate of drug-likeness (QED) is 0.583. The van der Waals surface area contributed by atoms with Gasteiger partial charge in [-0.15, -0.1) is 11.3 Å². The Kier molecular flexibility index (Phi) is 5.16. The van der Waals surface area contributed by atoms with E-state index in [9.17, 15) is 4.79 Å². The average molecular weight is 397 g/mol. The van der Waals surface area contributed by atoms with Crippen LogP contribution in [0, 0.1) is 0 Å². The molecule has 0 amide bonds. The number of hydrogen-bond acceptors (Lipinski definition) is 7. The van der Waals surface area contributed by atoms with Crippen LogP contribution in [0.2, 0.25) is 0 Å². The molecule has 144 valence electrons. The Hall–Kier alpha value is -3.06. The highest BCUT2D eigenvalue weighted by atomic mass is 32.1. The van der Waals surface area contributed by atoms with Crippen molar-refractivity contribution in [2.75, 3.05) is 20.8 Å². The smallest absolute Gasteiger partial charge is 0.338 e. The Morgan fingerprint density at radius 1 is 1.14 bits per heavy atom. The number of carbonyl (C=O) groups excluding carboxylic acids is 1. The zero-order valence-corrected chi connectivity index (χ0v) is 16.4. The van der Waals surface area contributed by atoms with E-state index in [0.717, 1.165) is 28.3 Å². The van der Waals surface area contributed by atoms with E-state index < -0.39 is 0 Å². The molecule has 7 heteroatoms. The van der Waals surface area contributed by atoms with E-state index in [0.29, 0.717) is 29.4 Å². The second kappa shape index (κ2) is 7.90. The highest BCUT2D eigenvalue weighted by Gasteiger charge is 2.16. The summed E-state index contributed by atoms with van der Waals surface area (Å²) in [4.78, 5) is 16.9. The third-order valence-electron chi connectivity index (χ3n) is 4.46. The summed E-state index contributed by atoms with van der Waals surface area (Å²) in [6.07, 6.45) is 0.817. The number of carbonyl (C=O) groups is 1. The predicted molar refractivity (Wildman–Crippen MR) is 105 cm³/mol. The van der Waals surface area contributed by atoms with Gasteiger partial charge in [0.25, 0.3) is 0 Å². The number of esters is 1. The summed E-state index contributed by atoms with van der Waals surface area (Å²) in [5.74, 6) is 1.78. The second-order valence-corrected chi connectivity index (χ2v) is 7.07. The Morgan fingerprint density at radius 3 is 2.82 bits per heavy atom. The zero-order valence-electron chi connectivity index (χ0n) is 15.6. The number of fused-ring (bicyclic) bond motifs is 1. The molecule has 3 aromatic rings.